The van der Waals surface area contributed by atoms with Crippen LogP contribution >= 0.6 is 28.3 Å². The third-order valence-corrected chi connectivity index (χ3v) is 4.33. The molecule has 96 valence electrons. The van der Waals surface area contributed by atoms with Gasteiger partial charge in [-0.3, -0.25) is 0 Å². The highest BCUT2D eigenvalue weighted by Gasteiger charge is 2.23. The van der Waals surface area contributed by atoms with Crippen molar-refractivity contribution in [3.05, 3.63) is 34.1 Å². The maximum Gasteiger partial charge on any atom is 0.137 e. The zero-order chi connectivity index (χ0) is 11.5. The Morgan fingerprint density at radius 3 is 2.53 bits per heavy atom. The number of rotatable bonds is 2. The molecule has 1 fully saturated rings. The molecule has 0 spiro atoms. The second kappa shape index (κ2) is 6.72. The lowest BCUT2D eigenvalue weighted by atomic mass is 9.81. The van der Waals surface area contributed by atoms with Crippen LogP contribution in [0.1, 0.15) is 43.7 Å². The Labute approximate surface area is 117 Å². The highest BCUT2D eigenvalue weighted by Crippen LogP contribution is 2.36. The van der Waals surface area contributed by atoms with Crippen molar-refractivity contribution < 1.29 is 4.39 Å². The van der Waals surface area contributed by atoms with Gasteiger partial charge in [-0.1, -0.05) is 31.4 Å². The van der Waals surface area contributed by atoms with Crippen LogP contribution in [0.4, 0.5) is 4.39 Å². The molecule has 0 radical (unpaired) electrons. The van der Waals surface area contributed by atoms with Crippen molar-refractivity contribution in [2.75, 3.05) is 0 Å². The standard InChI is InChI=1S/C13H17BrFN.ClH/c14-12-10(7-4-8-11(12)15)13(16)9-5-2-1-3-6-9;/h4,7-9,13H,1-3,5-6,16H2;1H/t13-;/m0./s1. The maximum atomic E-state index is 13.4. The quantitative estimate of drug-likeness (QED) is 0.846. The lowest BCUT2D eigenvalue weighted by Gasteiger charge is -2.28. The van der Waals surface area contributed by atoms with E-state index in [2.05, 4.69) is 15.9 Å². The lowest BCUT2D eigenvalue weighted by molar-refractivity contribution is 0.307. The van der Waals surface area contributed by atoms with Gasteiger partial charge in [-0.05, 0) is 46.3 Å². The summed E-state index contributed by atoms with van der Waals surface area (Å²) in [6.07, 6.45) is 6.17. The van der Waals surface area contributed by atoms with Crippen molar-refractivity contribution in [1.29, 1.82) is 0 Å². The molecule has 0 saturated heterocycles. The Hall–Kier alpha value is -0.120. The fourth-order valence-corrected chi connectivity index (χ4v) is 3.05. The number of nitrogens with two attached hydrogens (primary N) is 1. The summed E-state index contributed by atoms with van der Waals surface area (Å²) in [5.41, 5.74) is 7.15. The van der Waals surface area contributed by atoms with Crippen molar-refractivity contribution in [1.82, 2.24) is 0 Å². The van der Waals surface area contributed by atoms with Gasteiger partial charge in [-0.2, -0.15) is 0 Å². The molecule has 1 aliphatic carbocycles. The van der Waals surface area contributed by atoms with Gasteiger partial charge in [0, 0.05) is 6.04 Å². The molecule has 1 aromatic carbocycles. The van der Waals surface area contributed by atoms with Gasteiger partial charge in [0.25, 0.3) is 0 Å². The maximum absolute atomic E-state index is 13.4. The van der Waals surface area contributed by atoms with Crippen LogP contribution in [0.2, 0.25) is 0 Å². The van der Waals surface area contributed by atoms with Gasteiger partial charge in [0.1, 0.15) is 5.82 Å². The SMILES string of the molecule is Cl.N[C@H](c1cccc(F)c1Br)C1CCCCC1. The fraction of sp³-hybridized carbons (Fsp3) is 0.538. The van der Waals surface area contributed by atoms with Gasteiger partial charge in [-0.15, -0.1) is 12.4 Å². The summed E-state index contributed by atoms with van der Waals surface area (Å²) in [7, 11) is 0. The van der Waals surface area contributed by atoms with E-state index in [9.17, 15) is 4.39 Å². The molecule has 2 N–H and O–H groups in total. The van der Waals surface area contributed by atoms with Crippen molar-refractivity contribution >= 4 is 28.3 Å². The fourth-order valence-electron chi connectivity index (χ4n) is 2.53. The minimum atomic E-state index is -0.219. The molecule has 0 bridgehead atoms. The third kappa shape index (κ3) is 3.43. The summed E-state index contributed by atoms with van der Waals surface area (Å²) in [5.74, 6) is 0.288. The summed E-state index contributed by atoms with van der Waals surface area (Å²) < 4.78 is 13.9. The summed E-state index contributed by atoms with van der Waals surface area (Å²) in [6.45, 7) is 0. The van der Waals surface area contributed by atoms with E-state index < -0.39 is 0 Å². The van der Waals surface area contributed by atoms with E-state index in [4.69, 9.17) is 5.73 Å². The number of benzene rings is 1. The molecule has 1 aromatic rings. The second-order valence-corrected chi connectivity index (χ2v) is 5.36. The van der Waals surface area contributed by atoms with E-state index in [1.807, 2.05) is 6.07 Å². The van der Waals surface area contributed by atoms with Crippen molar-refractivity contribution in [2.45, 2.75) is 38.1 Å². The molecule has 0 aromatic heterocycles. The Morgan fingerprint density at radius 1 is 1.24 bits per heavy atom. The first-order chi connectivity index (χ1) is 7.70. The molecule has 0 unspecified atom stereocenters. The Balaban J connectivity index is 0.00000144. The first-order valence-electron chi connectivity index (χ1n) is 5.89. The summed E-state index contributed by atoms with van der Waals surface area (Å²) in [4.78, 5) is 0. The van der Waals surface area contributed by atoms with E-state index in [0.29, 0.717) is 10.4 Å². The smallest absolute Gasteiger partial charge is 0.137 e. The van der Waals surface area contributed by atoms with Gasteiger partial charge in [-0.25, -0.2) is 4.39 Å². The Bertz CT molecular complexity index is 366. The number of halogens is 3. The molecule has 4 heteroatoms. The molecule has 0 aliphatic heterocycles. The van der Waals surface area contributed by atoms with Gasteiger partial charge >= 0.3 is 0 Å². The van der Waals surface area contributed by atoms with Crippen LogP contribution < -0.4 is 5.73 Å². The van der Waals surface area contributed by atoms with Gasteiger partial charge < -0.3 is 5.73 Å². The average Bonchev–Trinajstić information content (AvgIpc) is 2.33. The van der Waals surface area contributed by atoms with Crippen LogP contribution in [0.3, 0.4) is 0 Å². The Morgan fingerprint density at radius 2 is 1.88 bits per heavy atom. The van der Waals surface area contributed by atoms with Crippen LogP contribution in [0, 0.1) is 11.7 Å². The summed E-state index contributed by atoms with van der Waals surface area (Å²) in [5, 5.41) is 0. The first kappa shape index (κ1) is 14.9. The van der Waals surface area contributed by atoms with Crippen LogP contribution in [0.25, 0.3) is 0 Å². The highest BCUT2D eigenvalue weighted by atomic mass is 79.9. The Kier molecular flexibility index (Phi) is 5.90. The molecule has 0 amide bonds. The second-order valence-electron chi connectivity index (χ2n) is 4.57. The molecule has 1 aliphatic rings. The van der Waals surface area contributed by atoms with Gasteiger partial charge in [0.15, 0.2) is 0 Å². The monoisotopic (exact) mass is 321 g/mol. The van der Waals surface area contributed by atoms with Gasteiger partial charge in [0.05, 0.1) is 4.47 Å². The number of hydrogen-bond acceptors (Lipinski definition) is 1. The largest absolute Gasteiger partial charge is 0.324 e. The molecular formula is C13H18BrClFN. The van der Waals surface area contributed by atoms with E-state index in [-0.39, 0.29) is 24.3 Å². The van der Waals surface area contributed by atoms with Crippen LogP contribution in [-0.2, 0) is 0 Å². The zero-order valence-electron chi connectivity index (χ0n) is 9.66. The topological polar surface area (TPSA) is 26.0 Å². The van der Waals surface area contributed by atoms with E-state index in [1.165, 1.54) is 38.2 Å². The molecule has 17 heavy (non-hydrogen) atoms. The predicted octanol–water partition coefficient (Wildman–Crippen LogP) is 4.59. The van der Waals surface area contributed by atoms with Crippen LogP contribution in [0.5, 0.6) is 0 Å². The minimum absolute atomic E-state index is 0. The zero-order valence-corrected chi connectivity index (χ0v) is 12.1. The molecule has 1 nitrogen and oxygen atoms in total. The van der Waals surface area contributed by atoms with E-state index >= 15 is 0 Å². The van der Waals surface area contributed by atoms with Crippen molar-refractivity contribution in [2.24, 2.45) is 11.7 Å². The van der Waals surface area contributed by atoms with Gasteiger partial charge in [0.2, 0.25) is 0 Å². The first-order valence-corrected chi connectivity index (χ1v) is 6.69. The summed E-state index contributed by atoms with van der Waals surface area (Å²) in [6, 6.07) is 5.08. The highest BCUT2D eigenvalue weighted by molar-refractivity contribution is 9.10. The average molecular weight is 323 g/mol. The predicted molar refractivity (Wildman–Crippen MR) is 74.9 cm³/mol. The minimum Gasteiger partial charge on any atom is -0.324 e. The molecule has 1 atom stereocenters. The molecule has 2 rings (SSSR count). The number of hydrogen-bond donors (Lipinski definition) is 1. The normalized spacial score (nSPS) is 18.5. The molecule has 1 saturated carbocycles. The van der Waals surface area contributed by atoms with E-state index in [1.54, 1.807) is 6.07 Å². The summed E-state index contributed by atoms with van der Waals surface area (Å²) >= 11 is 3.29. The van der Waals surface area contributed by atoms with E-state index in [0.717, 1.165) is 5.56 Å². The molecular weight excluding hydrogens is 305 g/mol. The lowest BCUT2D eigenvalue weighted by Crippen LogP contribution is -2.24. The third-order valence-electron chi connectivity index (χ3n) is 3.50. The van der Waals surface area contributed by atoms with Crippen LogP contribution in [-0.4, -0.2) is 0 Å². The molecule has 0 heterocycles. The van der Waals surface area contributed by atoms with Crippen molar-refractivity contribution in [3.63, 3.8) is 0 Å². The van der Waals surface area contributed by atoms with Crippen LogP contribution in [0.15, 0.2) is 22.7 Å². The van der Waals surface area contributed by atoms with Crippen molar-refractivity contribution in [3.8, 4) is 0 Å².